The Morgan fingerprint density at radius 1 is 1.33 bits per heavy atom. The molecule has 0 aromatic heterocycles. The van der Waals surface area contributed by atoms with Crippen LogP contribution in [0.2, 0.25) is 0 Å². The Morgan fingerprint density at radius 3 is 2.40 bits per heavy atom. The lowest BCUT2D eigenvalue weighted by molar-refractivity contribution is 0.338. The molecule has 1 saturated carbocycles. The molecule has 1 aliphatic rings. The fourth-order valence-corrected chi connectivity index (χ4v) is 3.40. The van der Waals surface area contributed by atoms with Crippen molar-refractivity contribution in [3.63, 3.8) is 0 Å². The Hall–Kier alpha value is -0.0900. The summed E-state index contributed by atoms with van der Waals surface area (Å²) < 4.78 is 22.8. The fraction of sp³-hybridized carbons (Fsp3) is 1.00. The molecule has 1 aliphatic carbocycles. The van der Waals surface area contributed by atoms with Crippen molar-refractivity contribution in [2.24, 2.45) is 17.6 Å². The van der Waals surface area contributed by atoms with Crippen LogP contribution in [-0.4, -0.2) is 26.5 Å². The second-order valence-electron chi connectivity index (χ2n) is 4.57. The minimum absolute atomic E-state index is 0.259. The van der Waals surface area contributed by atoms with Gasteiger partial charge in [0.1, 0.15) is 9.84 Å². The van der Waals surface area contributed by atoms with E-state index in [1.807, 2.05) is 0 Å². The first-order valence-corrected chi connectivity index (χ1v) is 7.81. The summed E-state index contributed by atoms with van der Waals surface area (Å²) in [6.07, 6.45) is 5.84. The van der Waals surface area contributed by atoms with Crippen molar-refractivity contribution < 1.29 is 8.42 Å². The predicted octanol–water partition coefficient (Wildman–Crippen LogP) is 1.58. The first kappa shape index (κ1) is 13.0. The maximum atomic E-state index is 11.4. The van der Waals surface area contributed by atoms with E-state index >= 15 is 0 Å². The van der Waals surface area contributed by atoms with Gasteiger partial charge >= 0.3 is 0 Å². The van der Waals surface area contributed by atoms with Gasteiger partial charge < -0.3 is 5.73 Å². The highest BCUT2D eigenvalue weighted by atomic mass is 32.2. The van der Waals surface area contributed by atoms with Crippen molar-refractivity contribution in [1.82, 2.24) is 0 Å². The normalized spacial score (nSPS) is 20.7. The monoisotopic (exact) mass is 233 g/mol. The van der Waals surface area contributed by atoms with Crippen LogP contribution in [0.15, 0.2) is 0 Å². The van der Waals surface area contributed by atoms with E-state index in [1.165, 1.54) is 25.7 Å². The number of sulfone groups is 1. The van der Waals surface area contributed by atoms with Gasteiger partial charge in [-0.25, -0.2) is 8.42 Å². The SMILES string of the molecule is CCS(=O)(=O)CCC(CN)C1CCCC1. The molecule has 0 amide bonds. The van der Waals surface area contributed by atoms with Crippen LogP contribution in [-0.2, 0) is 9.84 Å². The Kier molecular flexibility index (Phi) is 5.06. The van der Waals surface area contributed by atoms with E-state index in [1.54, 1.807) is 6.92 Å². The molecule has 4 heteroatoms. The predicted molar refractivity (Wildman–Crippen MR) is 63.4 cm³/mol. The maximum absolute atomic E-state index is 11.4. The van der Waals surface area contributed by atoms with Crippen molar-refractivity contribution in [3.8, 4) is 0 Å². The summed E-state index contributed by atoms with van der Waals surface area (Å²) in [4.78, 5) is 0. The molecule has 0 saturated heterocycles. The van der Waals surface area contributed by atoms with Gasteiger partial charge in [0.25, 0.3) is 0 Å². The quantitative estimate of drug-likeness (QED) is 0.757. The van der Waals surface area contributed by atoms with E-state index in [-0.39, 0.29) is 5.75 Å². The topological polar surface area (TPSA) is 60.2 Å². The number of hydrogen-bond donors (Lipinski definition) is 1. The van der Waals surface area contributed by atoms with Crippen LogP contribution in [0.5, 0.6) is 0 Å². The zero-order valence-corrected chi connectivity index (χ0v) is 10.4. The minimum Gasteiger partial charge on any atom is -0.330 e. The lowest BCUT2D eigenvalue weighted by Crippen LogP contribution is -2.25. The molecule has 2 N–H and O–H groups in total. The molecule has 0 aliphatic heterocycles. The largest absolute Gasteiger partial charge is 0.330 e. The standard InChI is InChI=1S/C11H23NO2S/c1-2-15(13,14)8-7-11(9-12)10-5-3-4-6-10/h10-11H,2-9,12H2,1H3. The van der Waals surface area contributed by atoms with Crippen LogP contribution in [0.4, 0.5) is 0 Å². The molecule has 0 heterocycles. The third-order valence-corrected chi connectivity index (χ3v) is 5.35. The van der Waals surface area contributed by atoms with Gasteiger partial charge in [0.2, 0.25) is 0 Å². The maximum Gasteiger partial charge on any atom is 0.150 e. The Labute approximate surface area is 93.3 Å². The van der Waals surface area contributed by atoms with E-state index in [0.717, 1.165) is 6.42 Å². The summed E-state index contributed by atoms with van der Waals surface area (Å²) in [5, 5.41) is 0. The zero-order valence-electron chi connectivity index (χ0n) is 9.61. The summed E-state index contributed by atoms with van der Waals surface area (Å²) in [6.45, 7) is 2.35. The summed E-state index contributed by atoms with van der Waals surface area (Å²) in [5.41, 5.74) is 5.73. The molecule has 0 radical (unpaired) electrons. The lowest BCUT2D eigenvalue weighted by atomic mass is 9.89. The highest BCUT2D eigenvalue weighted by Crippen LogP contribution is 2.32. The minimum atomic E-state index is -2.81. The summed E-state index contributed by atoms with van der Waals surface area (Å²) in [7, 11) is -2.81. The highest BCUT2D eigenvalue weighted by molar-refractivity contribution is 7.91. The van der Waals surface area contributed by atoms with E-state index in [9.17, 15) is 8.42 Å². The third kappa shape index (κ3) is 4.11. The highest BCUT2D eigenvalue weighted by Gasteiger charge is 2.24. The van der Waals surface area contributed by atoms with E-state index in [2.05, 4.69) is 0 Å². The van der Waals surface area contributed by atoms with Crippen LogP contribution in [0, 0.1) is 11.8 Å². The Morgan fingerprint density at radius 2 is 1.93 bits per heavy atom. The van der Waals surface area contributed by atoms with Gasteiger partial charge in [0.15, 0.2) is 0 Å². The van der Waals surface area contributed by atoms with Gasteiger partial charge in [0, 0.05) is 5.75 Å². The van der Waals surface area contributed by atoms with Gasteiger partial charge in [-0.1, -0.05) is 32.6 Å². The molecule has 0 aromatic carbocycles. The molecule has 90 valence electrons. The van der Waals surface area contributed by atoms with Gasteiger partial charge in [-0.15, -0.1) is 0 Å². The van der Waals surface area contributed by atoms with Gasteiger partial charge in [0.05, 0.1) is 5.75 Å². The third-order valence-electron chi connectivity index (χ3n) is 3.61. The molecule has 1 rings (SSSR count). The summed E-state index contributed by atoms with van der Waals surface area (Å²) >= 11 is 0. The van der Waals surface area contributed by atoms with Crippen molar-refractivity contribution in [1.29, 1.82) is 0 Å². The zero-order chi connectivity index (χ0) is 11.3. The van der Waals surface area contributed by atoms with Crippen LogP contribution in [0.1, 0.15) is 39.0 Å². The fourth-order valence-electron chi connectivity index (χ4n) is 2.45. The van der Waals surface area contributed by atoms with Crippen LogP contribution in [0.3, 0.4) is 0 Å². The molecule has 15 heavy (non-hydrogen) atoms. The van der Waals surface area contributed by atoms with Crippen molar-refractivity contribution in [2.45, 2.75) is 39.0 Å². The second-order valence-corrected chi connectivity index (χ2v) is 7.04. The van der Waals surface area contributed by atoms with Crippen molar-refractivity contribution >= 4 is 9.84 Å². The smallest absolute Gasteiger partial charge is 0.150 e. The molecule has 1 fully saturated rings. The van der Waals surface area contributed by atoms with E-state index in [4.69, 9.17) is 5.73 Å². The molecular weight excluding hydrogens is 210 g/mol. The van der Waals surface area contributed by atoms with Gasteiger partial charge in [-0.2, -0.15) is 0 Å². The molecule has 0 aromatic rings. The first-order chi connectivity index (χ1) is 7.09. The second kappa shape index (κ2) is 5.85. The number of hydrogen-bond acceptors (Lipinski definition) is 3. The van der Waals surface area contributed by atoms with E-state index in [0.29, 0.717) is 24.1 Å². The summed E-state index contributed by atoms with van der Waals surface area (Å²) in [6, 6.07) is 0. The van der Waals surface area contributed by atoms with Gasteiger partial charge in [-0.05, 0) is 24.8 Å². The average molecular weight is 233 g/mol. The molecule has 1 unspecified atom stereocenters. The van der Waals surface area contributed by atoms with E-state index < -0.39 is 9.84 Å². The average Bonchev–Trinajstić information content (AvgIpc) is 2.72. The van der Waals surface area contributed by atoms with Crippen LogP contribution < -0.4 is 5.73 Å². The number of nitrogens with two attached hydrogens (primary N) is 1. The molecule has 3 nitrogen and oxygen atoms in total. The Bertz CT molecular complexity index is 268. The van der Waals surface area contributed by atoms with Crippen molar-refractivity contribution in [2.75, 3.05) is 18.1 Å². The van der Waals surface area contributed by atoms with Crippen LogP contribution in [0.25, 0.3) is 0 Å². The molecule has 0 bridgehead atoms. The number of rotatable bonds is 6. The summed E-state index contributed by atoms with van der Waals surface area (Å²) in [5.74, 6) is 1.69. The molecule has 1 atom stereocenters. The van der Waals surface area contributed by atoms with Gasteiger partial charge in [-0.3, -0.25) is 0 Å². The molecule has 0 spiro atoms. The lowest BCUT2D eigenvalue weighted by Gasteiger charge is -2.21. The van der Waals surface area contributed by atoms with Crippen LogP contribution >= 0.6 is 0 Å². The first-order valence-electron chi connectivity index (χ1n) is 5.99. The Balaban J connectivity index is 2.40. The van der Waals surface area contributed by atoms with Crippen molar-refractivity contribution in [3.05, 3.63) is 0 Å². The molecular formula is C11H23NO2S.